The molecule has 0 amide bonds. The molecular formula is C21H31Cl2Si2Zr. The molecule has 0 heterocycles. The van der Waals surface area contributed by atoms with E-state index < -0.39 is 34.9 Å². The van der Waals surface area contributed by atoms with Crippen molar-refractivity contribution in [3.05, 3.63) is 62.5 Å². The number of benzene rings is 1. The average molecular weight is 502 g/mol. The Morgan fingerprint density at radius 1 is 1.12 bits per heavy atom. The maximum absolute atomic E-state index is 2.63. The van der Waals surface area contributed by atoms with E-state index >= 15 is 0 Å². The van der Waals surface area contributed by atoms with Crippen LogP contribution >= 0.6 is 0 Å². The van der Waals surface area contributed by atoms with Crippen LogP contribution in [-0.2, 0) is 20.9 Å². The Labute approximate surface area is 182 Å². The van der Waals surface area contributed by atoms with Gasteiger partial charge in [-0.2, -0.15) is 0 Å². The molecule has 0 N–H and O–H groups in total. The molecular weight excluding hydrogens is 471 g/mol. The summed E-state index contributed by atoms with van der Waals surface area (Å²) in [5.41, 5.74) is 6.81. The van der Waals surface area contributed by atoms with Crippen LogP contribution in [-0.4, -0.2) is 14.0 Å². The molecule has 0 fully saturated rings. The van der Waals surface area contributed by atoms with E-state index in [4.69, 9.17) is 0 Å². The van der Waals surface area contributed by atoms with Crippen molar-refractivity contribution in [1.82, 2.24) is 0 Å². The van der Waals surface area contributed by atoms with Gasteiger partial charge in [0.15, 0.2) is 0 Å². The van der Waals surface area contributed by atoms with E-state index in [1.165, 1.54) is 12.5 Å². The molecule has 0 aliphatic heterocycles. The van der Waals surface area contributed by atoms with Gasteiger partial charge in [0, 0.05) is 0 Å². The van der Waals surface area contributed by atoms with E-state index in [1.54, 1.807) is 22.3 Å². The molecule has 0 nitrogen and oxygen atoms in total. The third kappa shape index (κ3) is 5.03. The van der Waals surface area contributed by atoms with Crippen molar-refractivity contribution >= 4 is 19.6 Å². The number of rotatable bonds is 5. The van der Waals surface area contributed by atoms with Gasteiger partial charge in [0.25, 0.3) is 0 Å². The molecule has 0 saturated heterocycles. The third-order valence-corrected chi connectivity index (χ3v) is 27.4. The largest absolute Gasteiger partial charge is 1.00 e. The number of hydrogen-bond donors (Lipinski definition) is 0. The number of fused-ring (bicyclic) bond motifs is 1. The van der Waals surface area contributed by atoms with Crippen molar-refractivity contribution in [3.8, 4) is 0 Å². The van der Waals surface area contributed by atoms with Gasteiger partial charge >= 0.3 is 159 Å². The van der Waals surface area contributed by atoms with Crippen molar-refractivity contribution in [2.45, 2.75) is 55.7 Å². The summed E-state index contributed by atoms with van der Waals surface area (Å²) < 4.78 is 2.71. The standard InChI is InChI=1S/C14H19Si.C5H5.C2H7Si.2ClH.Zr/c1-11-9-12-7-5-6-8-13(12)14(11)10-15(2,3)4;1-2-4-5-3-1;1-3-2;;;/h5-9H,10H2,1-4H3;1-3H,4H2;3H,1-2H3;2*1H;/q;;;;;+2/p-2. The fraction of sp³-hybridized carbons (Fsp3) is 0.429. The Kier molecular flexibility index (Phi) is 9.09. The Balaban J connectivity index is 0.00000169. The maximum Gasteiger partial charge on any atom is -1.00 e. The average Bonchev–Trinajstić information content (AvgIpc) is 3.09. The molecule has 1 unspecified atom stereocenters. The van der Waals surface area contributed by atoms with E-state index in [0.29, 0.717) is 0 Å². The zero-order valence-electron chi connectivity index (χ0n) is 16.9. The van der Waals surface area contributed by atoms with Crippen LogP contribution in [0.25, 0.3) is 5.57 Å². The molecule has 5 heteroatoms. The molecule has 0 saturated carbocycles. The van der Waals surface area contributed by atoms with E-state index in [2.05, 4.69) is 82.2 Å². The maximum atomic E-state index is 2.63. The smallest absolute Gasteiger partial charge is 1.00 e. The predicted molar refractivity (Wildman–Crippen MR) is 111 cm³/mol. The minimum atomic E-state index is -1.62. The van der Waals surface area contributed by atoms with Crippen molar-refractivity contribution in [2.75, 3.05) is 0 Å². The third-order valence-electron chi connectivity index (χ3n) is 5.29. The van der Waals surface area contributed by atoms with Gasteiger partial charge in [-0.1, -0.05) is 0 Å². The molecule has 0 spiro atoms. The van der Waals surface area contributed by atoms with Gasteiger partial charge in [-0.15, -0.1) is 0 Å². The van der Waals surface area contributed by atoms with E-state index in [0.717, 1.165) is 3.63 Å². The zero-order valence-corrected chi connectivity index (χ0v) is 23.0. The first-order chi connectivity index (χ1) is 11.3. The Morgan fingerprint density at radius 3 is 2.31 bits per heavy atom. The van der Waals surface area contributed by atoms with Crippen molar-refractivity contribution in [2.24, 2.45) is 0 Å². The van der Waals surface area contributed by atoms with Crippen LogP contribution in [0.3, 0.4) is 0 Å². The van der Waals surface area contributed by atoms with Crippen molar-refractivity contribution in [3.63, 3.8) is 0 Å². The first-order valence-electron chi connectivity index (χ1n) is 9.31. The predicted octanol–water partition coefficient (Wildman–Crippen LogP) is 0.306. The van der Waals surface area contributed by atoms with E-state index in [1.807, 2.05) is 3.28 Å². The van der Waals surface area contributed by atoms with Crippen LogP contribution in [0.4, 0.5) is 0 Å². The molecule has 0 radical (unpaired) electrons. The first kappa shape index (κ1) is 24.4. The summed E-state index contributed by atoms with van der Waals surface area (Å²) in [5.74, 6) is -0.604. The summed E-state index contributed by atoms with van der Waals surface area (Å²) in [6, 6.07) is 10.8. The fourth-order valence-electron chi connectivity index (χ4n) is 4.36. The van der Waals surface area contributed by atoms with Gasteiger partial charge in [0.1, 0.15) is 0 Å². The Morgan fingerprint density at radius 2 is 1.77 bits per heavy atom. The topological polar surface area (TPSA) is 0 Å². The van der Waals surface area contributed by atoms with Gasteiger partial charge in [0.2, 0.25) is 0 Å². The Bertz CT molecular complexity index is 730. The van der Waals surface area contributed by atoms with Crippen molar-refractivity contribution < 1.29 is 45.7 Å². The number of hydrogen-bond acceptors (Lipinski definition) is 0. The SMILES string of the molecule is CC1=C(C[Si](C)(C)C)c2ccccc2[CH]1[Zr+2]([C]1=CC=CC1)[SiH](C)C.[Cl-].[Cl-]. The minimum Gasteiger partial charge on any atom is -1.00 e. The van der Waals surface area contributed by atoms with Gasteiger partial charge in [-0.3, -0.25) is 0 Å². The summed E-state index contributed by atoms with van der Waals surface area (Å²) in [4.78, 5) is 0. The summed E-state index contributed by atoms with van der Waals surface area (Å²) >= 11 is -1.62. The second-order valence-corrected chi connectivity index (χ2v) is 34.1. The van der Waals surface area contributed by atoms with Crippen LogP contribution < -0.4 is 24.8 Å². The zero-order chi connectivity index (χ0) is 17.5. The fourth-order valence-corrected chi connectivity index (χ4v) is 27.0. The first-order valence-corrected chi connectivity index (χ1v) is 22.8. The summed E-state index contributed by atoms with van der Waals surface area (Å²) in [7, 11) is -1.11. The van der Waals surface area contributed by atoms with Crippen LogP contribution in [0.5, 0.6) is 0 Å². The molecule has 2 aliphatic carbocycles. The Hall–Kier alpha value is 0.337. The van der Waals surface area contributed by atoms with Crippen LogP contribution in [0, 0.1) is 0 Å². The van der Waals surface area contributed by atoms with E-state index in [9.17, 15) is 0 Å². The molecule has 3 rings (SSSR count). The molecule has 2 aliphatic rings. The number of allylic oxidation sites excluding steroid dienone is 6. The molecule has 0 aromatic heterocycles. The monoisotopic (exact) mass is 499 g/mol. The minimum absolute atomic E-state index is 0. The van der Waals surface area contributed by atoms with Crippen molar-refractivity contribution in [1.29, 1.82) is 0 Å². The van der Waals surface area contributed by atoms with Crippen LogP contribution in [0.15, 0.2) is 51.3 Å². The molecule has 0 bridgehead atoms. The van der Waals surface area contributed by atoms with Gasteiger partial charge in [0.05, 0.1) is 0 Å². The van der Waals surface area contributed by atoms with Crippen LogP contribution in [0.2, 0.25) is 38.8 Å². The second-order valence-electron chi connectivity index (χ2n) is 8.85. The molecule has 1 atom stereocenters. The van der Waals surface area contributed by atoms with Gasteiger partial charge < -0.3 is 24.8 Å². The van der Waals surface area contributed by atoms with E-state index in [-0.39, 0.29) is 24.8 Å². The molecule has 1 aromatic rings. The second kappa shape index (κ2) is 9.70. The normalized spacial score (nSPS) is 18.4. The molecule has 141 valence electrons. The van der Waals surface area contributed by atoms with Crippen LogP contribution in [0.1, 0.15) is 28.1 Å². The summed E-state index contributed by atoms with van der Waals surface area (Å²) in [6.45, 7) is 15.3. The molecule has 1 aromatic carbocycles. The van der Waals surface area contributed by atoms with Gasteiger partial charge in [-0.05, 0) is 0 Å². The number of halogens is 2. The quantitative estimate of drug-likeness (QED) is 0.510. The summed E-state index contributed by atoms with van der Waals surface area (Å²) in [6.07, 6.45) is 8.45. The summed E-state index contributed by atoms with van der Waals surface area (Å²) in [5, 5.41) is 0. The van der Waals surface area contributed by atoms with Gasteiger partial charge in [-0.25, -0.2) is 0 Å². The molecule has 26 heavy (non-hydrogen) atoms.